The van der Waals surface area contributed by atoms with E-state index in [1.807, 2.05) is 0 Å². The molecule has 0 atom stereocenters. The Morgan fingerprint density at radius 3 is 1.32 bits per heavy atom. The number of anilines is 3. The molecule has 2 nitrogen and oxygen atoms in total. The number of benzene rings is 5. The predicted molar refractivity (Wildman–Crippen MR) is 190 cm³/mol. The summed E-state index contributed by atoms with van der Waals surface area (Å²) < 4.78 is 0. The van der Waals surface area contributed by atoms with Gasteiger partial charge >= 0.3 is 0 Å². The van der Waals surface area contributed by atoms with Crippen LogP contribution in [0.15, 0.2) is 128 Å². The summed E-state index contributed by atoms with van der Waals surface area (Å²) in [4.78, 5) is 7.33. The maximum Gasteiger partial charge on any atom is 0.244 e. The van der Waals surface area contributed by atoms with Crippen LogP contribution in [0.2, 0.25) is 0 Å². The normalized spacial score (nSPS) is 11.0. The predicted octanol–water partition coefficient (Wildman–Crippen LogP) is 8.59. The van der Waals surface area contributed by atoms with Crippen molar-refractivity contribution in [2.45, 2.75) is 41.5 Å². The Morgan fingerprint density at radius 2 is 0.909 bits per heavy atom. The maximum absolute atomic E-state index is 5.05. The van der Waals surface area contributed by atoms with Crippen molar-refractivity contribution in [1.82, 2.24) is 4.98 Å². The second kappa shape index (κ2) is 12.4. The fourth-order valence-electron chi connectivity index (χ4n) is 6.90. The van der Waals surface area contributed by atoms with E-state index in [0.29, 0.717) is 0 Å². The summed E-state index contributed by atoms with van der Waals surface area (Å²) in [6.07, 6.45) is 2.09. The van der Waals surface area contributed by atoms with Crippen molar-refractivity contribution in [2.75, 3.05) is 4.90 Å². The molecule has 5 aromatic carbocycles. The van der Waals surface area contributed by atoms with Gasteiger partial charge in [-0.2, -0.15) is 0 Å². The minimum Gasteiger partial charge on any atom is -0.311 e. The van der Waals surface area contributed by atoms with Crippen molar-refractivity contribution in [1.29, 1.82) is 0 Å². The number of pyridine rings is 1. The third-order valence-electron chi connectivity index (χ3n) is 8.62. The third kappa shape index (κ3) is 5.83. The summed E-state index contributed by atoms with van der Waals surface area (Å²) >= 11 is 0. The molecule has 1 aromatic heterocycles. The van der Waals surface area contributed by atoms with Crippen molar-refractivity contribution in [3.63, 3.8) is 0 Å². The second-order valence-electron chi connectivity index (χ2n) is 12.1. The lowest BCUT2D eigenvalue weighted by atomic mass is 9.34. The van der Waals surface area contributed by atoms with Gasteiger partial charge in [0.1, 0.15) is 0 Å². The van der Waals surface area contributed by atoms with E-state index in [9.17, 15) is 0 Å². The monoisotopic (exact) mass is 570 g/mol. The van der Waals surface area contributed by atoms with Crippen molar-refractivity contribution < 1.29 is 0 Å². The van der Waals surface area contributed by atoms with Crippen LogP contribution in [0.5, 0.6) is 0 Å². The molecular weight excluding hydrogens is 531 g/mol. The van der Waals surface area contributed by atoms with Gasteiger partial charge in [-0.25, -0.2) is 0 Å². The summed E-state index contributed by atoms with van der Waals surface area (Å²) in [7, 11) is 0. The van der Waals surface area contributed by atoms with E-state index in [1.165, 1.54) is 49.8 Å². The van der Waals surface area contributed by atoms with Crippen LogP contribution >= 0.6 is 0 Å². The summed E-state index contributed by atoms with van der Waals surface area (Å²) in [6, 6.07) is 43.4. The van der Waals surface area contributed by atoms with Gasteiger partial charge in [-0.3, -0.25) is 4.98 Å². The lowest BCUT2D eigenvalue weighted by Crippen LogP contribution is -2.56. The minimum absolute atomic E-state index is 0.116. The van der Waals surface area contributed by atoms with Crippen LogP contribution in [0.1, 0.15) is 33.4 Å². The molecular formula is C41H39BN2. The first-order valence-corrected chi connectivity index (χ1v) is 15.4. The zero-order valence-electron chi connectivity index (χ0n) is 26.6. The van der Waals surface area contributed by atoms with Gasteiger partial charge in [0.25, 0.3) is 0 Å². The highest BCUT2D eigenvalue weighted by atomic mass is 15.1. The molecule has 44 heavy (non-hydrogen) atoms. The first kappa shape index (κ1) is 29.2. The number of hydrogen-bond donors (Lipinski definition) is 0. The van der Waals surface area contributed by atoms with E-state index in [-0.39, 0.29) is 6.71 Å². The fraction of sp³-hybridized carbons (Fsp3) is 0.146. The summed E-state index contributed by atoms with van der Waals surface area (Å²) in [6.45, 7) is 13.5. The van der Waals surface area contributed by atoms with Gasteiger partial charge in [0.2, 0.25) is 6.71 Å². The Kier molecular flexibility index (Phi) is 8.22. The Bertz CT molecular complexity index is 1750. The molecule has 0 fully saturated rings. The van der Waals surface area contributed by atoms with Crippen LogP contribution in [0.3, 0.4) is 0 Å². The molecule has 0 amide bonds. The molecule has 0 aliphatic rings. The molecule has 0 spiro atoms. The standard InChI is InChI=1S/C41H39BN2/c1-28-23-30(3)40(31(4)24-28)42(41-32(5)25-29(2)26-33(41)6)35-19-22-39(43-27-35)34-17-20-38(21-18-34)44(36-13-9-7-10-14-36)37-15-11-8-12-16-37/h7-27H,1-6H3. The van der Waals surface area contributed by atoms with Crippen LogP contribution in [0, 0.1) is 41.5 Å². The van der Waals surface area contributed by atoms with Gasteiger partial charge in [0, 0.05) is 28.8 Å². The third-order valence-corrected chi connectivity index (χ3v) is 8.62. The second-order valence-corrected chi connectivity index (χ2v) is 12.1. The number of hydrogen-bond acceptors (Lipinski definition) is 2. The molecule has 6 rings (SSSR count). The lowest BCUT2D eigenvalue weighted by molar-refractivity contribution is 1.28. The van der Waals surface area contributed by atoms with E-state index < -0.39 is 0 Å². The van der Waals surface area contributed by atoms with Crippen LogP contribution in [-0.4, -0.2) is 11.7 Å². The van der Waals surface area contributed by atoms with Crippen molar-refractivity contribution in [3.05, 3.63) is 161 Å². The SMILES string of the molecule is Cc1cc(C)c(B(c2ccc(-c3ccc(N(c4ccccc4)c4ccccc4)cc3)nc2)c2c(C)cc(C)cc2C)c(C)c1. The average molecular weight is 571 g/mol. The van der Waals surface area contributed by atoms with Crippen LogP contribution in [0.25, 0.3) is 11.3 Å². The van der Waals surface area contributed by atoms with E-state index >= 15 is 0 Å². The number of nitrogens with zero attached hydrogens (tertiary/aromatic N) is 2. The topological polar surface area (TPSA) is 16.1 Å². The van der Waals surface area contributed by atoms with Gasteiger partial charge in [0.05, 0.1) is 5.69 Å². The first-order chi connectivity index (χ1) is 21.3. The van der Waals surface area contributed by atoms with Gasteiger partial charge in [-0.15, -0.1) is 0 Å². The molecule has 3 heteroatoms. The van der Waals surface area contributed by atoms with E-state index in [1.54, 1.807) is 0 Å². The van der Waals surface area contributed by atoms with Gasteiger partial charge in [-0.05, 0) is 84.0 Å². The highest BCUT2D eigenvalue weighted by Gasteiger charge is 2.28. The van der Waals surface area contributed by atoms with Crippen LogP contribution in [0.4, 0.5) is 17.1 Å². The highest BCUT2D eigenvalue weighted by Crippen LogP contribution is 2.35. The molecule has 0 radical (unpaired) electrons. The van der Waals surface area contributed by atoms with Crippen molar-refractivity contribution in [3.8, 4) is 11.3 Å². The molecule has 6 aromatic rings. The van der Waals surface area contributed by atoms with E-state index in [0.717, 1.165) is 28.3 Å². The maximum atomic E-state index is 5.05. The molecule has 0 saturated heterocycles. The Balaban J connectivity index is 1.38. The van der Waals surface area contributed by atoms with Crippen molar-refractivity contribution in [2.24, 2.45) is 0 Å². The molecule has 0 aliphatic carbocycles. The molecule has 1 heterocycles. The average Bonchev–Trinajstić information content (AvgIpc) is 3.01. The van der Waals surface area contributed by atoms with Gasteiger partial charge in [-0.1, -0.05) is 129 Å². The Labute approximate surface area is 263 Å². The molecule has 216 valence electrons. The number of aromatic nitrogens is 1. The van der Waals surface area contributed by atoms with E-state index in [2.05, 4.69) is 174 Å². The summed E-state index contributed by atoms with van der Waals surface area (Å²) in [5.41, 5.74) is 17.3. The minimum atomic E-state index is 0.116. The van der Waals surface area contributed by atoms with Crippen LogP contribution < -0.4 is 21.3 Å². The number of rotatable bonds is 7. The zero-order valence-corrected chi connectivity index (χ0v) is 26.6. The molecule has 0 aliphatic heterocycles. The van der Waals surface area contributed by atoms with Gasteiger partial charge < -0.3 is 4.90 Å². The lowest BCUT2D eigenvalue weighted by Gasteiger charge is -2.25. The van der Waals surface area contributed by atoms with Gasteiger partial charge in [0.15, 0.2) is 0 Å². The fourth-order valence-corrected chi connectivity index (χ4v) is 6.90. The smallest absolute Gasteiger partial charge is 0.244 e. The first-order valence-electron chi connectivity index (χ1n) is 15.4. The Morgan fingerprint density at radius 1 is 0.477 bits per heavy atom. The number of aryl methyl sites for hydroxylation is 6. The molecule has 0 saturated carbocycles. The largest absolute Gasteiger partial charge is 0.311 e. The van der Waals surface area contributed by atoms with Crippen molar-refractivity contribution >= 4 is 40.2 Å². The Hall–Kier alpha value is -4.89. The number of para-hydroxylation sites is 2. The van der Waals surface area contributed by atoms with Crippen LogP contribution in [-0.2, 0) is 0 Å². The zero-order chi connectivity index (χ0) is 30.8. The van der Waals surface area contributed by atoms with E-state index in [4.69, 9.17) is 4.98 Å². The molecule has 0 N–H and O–H groups in total. The highest BCUT2D eigenvalue weighted by molar-refractivity contribution is 6.96. The summed E-state index contributed by atoms with van der Waals surface area (Å²) in [5, 5.41) is 0. The summed E-state index contributed by atoms with van der Waals surface area (Å²) in [5.74, 6) is 0. The molecule has 0 bridgehead atoms. The molecule has 0 unspecified atom stereocenters. The quantitative estimate of drug-likeness (QED) is 0.179.